The Hall–Kier alpha value is -0.620. The van der Waals surface area contributed by atoms with E-state index in [2.05, 4.69) is 4.72 Å². The molecule has 0 unspecified atom stereocenters. The number of nitrogens with one attached hydrogen (secondary N) is 1. The first-order valence-electron chi connectivity index (χ1n) is 6.35. The van der Waals surface area contributed by atoms with E-state index in [1.54, 1.807) is 19.1 Å². The normalized spacial score (nSPS) is 24.4. The summed E-state index contributed by atoms with van der Waals surface area (Å²) in [6.07, 6.45) is 2.28. The van der Waals surface area contributed by atoms with Crippen molar-refractivity contribution in [2.45, 2.75) is 49.6 Å². The molecule has 0 radical (unpaired) electrons. The van der Waals surface area contributed by atoms with E-state index in [4.69, 9.17) is 11.6 Å². The maximum absolute atomic E-state index is 12.3. The van der Waals surface area contributed by atoms with E-state index in [-0.39, 0.29) is 22.1 Å². The average Bonchev–Trinajstić information content (AvgIpc) is 2.35. The standard InChI is InChI=1S/C13H18ClNO3S/c1-9-3-2-4-12(13(9)14)19(17,18)15-10-5-7-11(16)8-6-10/h2-4,10-11,15-16H,5-8H2,1H3. The smallest absolute Gasteiger partial charge is 0.242 e. The summed E-state index contributed by atoms with van der Waals surface area (Å²) in [6, 6.07) is 4.85. The zero-order valence-electron chi connectivity index (χ0n) is 10.8. The molecule has 6 heteroatoms. The molecule has 1 aromatic rings. The summed E-state index contributed by atoms with van der Waals surface area (Å²) in [5.74, 6) is 0. The third-order valence-corrected chi connectivity index (χ3v) is 5.64. The third kappa shape index (κ3) is 3.48. The molecule has 2 rings (SSSR count). The van der Waals surface area contributed by atoms with Gasteiger partial charge >= 0.3 is 0 Å². The first kappa shape index (κ1) is 14.8. The zero-order chi connectivity index (χ0) is 14.0. The van der Waals surface area contributed by atoms with Crippen LogP contribution in [0.5, 0.6) is 0 Å². The highest BCUT2D eigenvalue weighted by molar-refractivity contribution is 7.89. The number of aryl methyl sites for hydroxylation is 1. The lowest BCUT2D eigenvalue weighted by atomic mass is 9.94. The van der Waals surface area contributed by atoms with Gasteiger partial charge in [-0.2, -0.15) is 0 Å². The van der Waals surface area contributed by atoms with Crippen molar-refractivity contribution in [2.75, 3.05) is 0 Å². The summed E-state index contributed by atoms with van der Waals surface area (Å²) in [5, 5.41) is 9.69. The number of sulfonamides is 1. The highest BCUT2D eigenvalue weighted by Crippen LogP contribution is 2.26. The molecule has 4 nitrogen and oxygen atoms in total. The van der Waals surface area contributed by atoms with Gasteiger partial charge in [-0.05, 0) is 44.2 Å². The van der Waals surface area contributed by atoms with Crippen molar-refractivity contribution in [3.05, 3.63) is 28.8 Å². The van der Waals surface area contributed by atoms with Crippen LogP contribution in [0.4, 0.5) is 0 Å². The minimum atomic E-state index is -3.59. The number of benzene rings is 1. The van der Waals surface area contributed by atoms with E-state index >= 15 is 0 Å². The van der Waals surface area contributed by atoms with Gasteiger partial charge in [-0.15, -0.1) is 0 Å². The van der Waals surface area contributed by atoms with Crippen LogP contribution in [0.2, 0.25) is 5.02 Å². The molecule has 0 saturated heterocycles. The largest absolute Gasteiger partial charge is 0.393 e. The van der Waals surface area contributed by atoms with Gasteiger partial charge in [0.25, 0.3) is 0 Å². The molecular weight excluding hydrogens is 286 g/mol. The Balaban J connectivity index is 2.16. The molecule has 0 heterocycles. The van der Waals surface area contributed by atoms with Gasteiger partial charge < -0.3 is 5.11 Å². The fourth-order valence-electron chi connectivity index (χ4n) is 2.30. The first-order chi connectivity index (χ1) is 8.90. The summed E-state index contributed by atoms with van der Waals surface area (Å²) in [4.78, 5) is 0.125. The predicted octanol–water partition coefficient (Wildman–Crippen LogP) is 2.23. The van der Waals surface area contributed by atoms with Crippen molar-refractivity contribution >= 4 is 21.6 Å². The molecule has 0 spiro atoms. The summed E-state index contributed by atoms with van der Waals surface area (Å²) >= 11 is 6.06. The van der Waals surface area contributed by atoms with Gasteiger partial charge in [0.15, 0.2) is 0 Å². The van der Waals surface area contributed by atoms with Gasteiger partial charge in [-0.3, -0.25) is 0 Å². The van der Waals surface area contributed by atoms with Crippen molar-refractivity contribution in [1.29, 1.82) is 0 Å². The molecule has 0 atom stereocenters. The highest BCUT2D eigenvalue weighted by Gasteiger charge is 2.26. The van der Waals surface area contributed by atoms with Crippen LogP contribution in [-0.4, -0.2) is 25.7 Å². The second-order valence-electron chi connectivity index (χ2n) is 5.01. The monoisotopic (exact) mass is 303 g/mol. The topological polar surface area (TPSA) is 66.4 Å². The number of hydrogen-bond donors (Lipinski definition) is 2. The Labute approximate surface area is 118 Å². The lowest BCUT2D eigenvalue weighted by Gasteiger charge is -2.26. The van der Waals surface area contributed by atoms with Crippen LogP contribution in [0.1, 0.15) is 31.2 Å². The van der Waals surface area contributed by atoms with E-state index in [9.17, 15) is 13.5 Å². The molecule has 0 aliphatic heterocycles. The van der Waals surface area contributed by atoms with Crippen LogP contribution in [-0.2, 0) is 10.0 Å². The molecule has 19 heavy (non-hydrogen) atoms. The maximum atomic E-state index is 12.3. The molecule has 0 amide bonds. The van der Waals surface area contributed by atoms with E-state index in [1.807, 2.05) is 0 Å². The van der Waals surface area contributed by atoms with E-state index in [0.717, 1.165) is 5.56 Å². The second kappa shape index (κ2) is 5.79. The molecule has 1 fully saturated rings. The van der Waals surface area contributed by atoms with E-state index in [0.29, 0.717) is 25.7 Å². The molecular formula is C13H18ClNO3S. The molecule has 1 saturated carbocycles. The molecule has 1 aliphatic rings. The minimum Gasteiger partial charge on any atom is -0.393 e. The Kier molecular flexibility index (Phi) is 4.50. The third-order valence-electron chi connectivity index (χ3n) is 3.46. The van der Waals surface area contributed by atoms with Crippen molar-refractivity contribution < 1.29 is 13.5 Å². The molecule has 1 aliphatic carbocycles. The first-order valence-corrected chi connectivity index (χ1v) is 8.22. The van der Waals surface area contributed by atoms with Crippen molar-refractivity contribution in [3.8, 4) is 0 Å². The fraction of sp³-hybridized carbons (Fsp3) is 0.538. The minimum absolute atomic E-state index is 0.120. The van der Waals surface area contributed by atoms with Gasteiger partial charge in [0.05, 0.1) is 11.1 Å². The Morgan fingerprint density at radius 2 is 1.89 bits per heavy atom. The van der Waals surface area contributed by atoms with Gasteiger partial charge in [0, 0.05) is 6.04 Å². The highest BCUT2D eigenvalue weighted by atomic mass is 35.5. The van der Waals surface area contributed by atoms with Crippen LogP contribution in [0.15, 0.2) is 23.1 Å². The fourth-order valence-corrected chi connectivity index (χ4v) is 4.19. The SMILES string of the molecule is Cc1cccc(S(=O)(=O)NC2CCC(O)CC2)c1Cl. The summed E-state index contributed by atoms with van der Waals surface area (Å²) in [7, 11) is -3.59. The molecule has 1 aromatic carbocycles. The Morgan fingerprint density at radius 3 is 2.53 bits per heavy atom. The van der Waals surface area contributed by atoms with Crippen LogP contribution >= 0.6 is 11.6 Å². The number of rotatable bonds is 3. The maximum Gasteiger partial charge on any atom is 0.242 e. The van der Waals surface area contributed by atoms with E-state index < -0.39 is 10.0 Å². The lowest BCUT2D eigenvalue weighted by molar-refractivity contribution is 0.120. The quantitative estimate of drug-likeness (QED) is 0.900. The van der Waals surface area contributed by atoms with E-state index in [1.165, 1.54) is 6.07 Å². The summed E-state index contributed by atoms with van der Waals surface area (Å²) in [5.41, 5.74) is 0.739. The molecule has 106 valence electrons. The van der Waals surface area contributed by atoms with Gasteiger partial charge in [0.1, 0.15) is 4.90 Å². The predicted molar refractivity (Wildman–Crippen MR) is 74.8 cm³/mol. The molecule has 0 aromatic heterocycles. The zero-order valence-corrected chi connectivity index (χ0v) is 12.3. The number of halogens is 1. The van der Waals surface area contributed by atoms with Gasteiger partial charge in [0.2, 0.25) is 10.0 Å². The van der Waals surface area contributed by atoms with Crippen LogP contribution < -0.4 is 4.72 Å². The number of aliphatic hydroxyl groups excluding tert-OH is 1. The van der Waals surface area contributed by atoms with Crippen molar-refractivity contribution in [1.82, 2.24) is 4.72 Å². The van der Waals surface area contributed by atoms with Crippen molar-refractivity contribution in [3.63, 3.8) is 0 Å². The van der Waals surface area contributed by atoms with Crippen LogP contribution in [0, 0.1) is 6.92 Å². The second-order valence-corrected chi connectivity index (χ2v) is 7.07. The van der Waals surface area contributed by atoms with Crippen LogP contribution in [0.3, 0.4) is 0 Å². The van der Waals surface area contributed by atoms with Crippen molar-refractivity contribution in [2.24, 2.45) is 0 Å². The Bertz CT molecular complexity index is 551. The number of aliphatic hydroxyl groups is 1. The summed E-state index contributed by atoms with van der Waals surface area (Å²) < 4.78 is 27.3. The summed E-state index contributed by atoms with van der Waals surface area (Å²) in [6.45, 7) is 1.78. The van der Waals surface area contributed by atoms with Crippen LogP contribution in [0.25, 0.3) is 0 Å². The average molecular weight is 304 g/mol. The van der Waals surface area contributed by atoms with Gasteiger partial charge in [-0.1, -0.05) is 23.7 Å². The molecule has 0 bridgehead atoms. The van der Waals surface area contributed by atoms with Gasteiger partial charge in [-0.25, -0.2) is 13.1 Å². The molecule has 2 N–H and O–H groups in total. The number of hydrogen-bond acceptors (Lipinski definition) is 3. The lowest BCUT2D eigenvalue weighted by Crippen LogP contribution is -2.38. The Morgan fingerprint density at radius 1 is 1.26 bits per heavy atom.